The Hall–Kier alpha value is -2.41. The van der Waals surface area contributed by atoms with Crippen LogP contribution in [0, 0.1) is 0 Å². The van der Waals surface area contributed by atoms with Gasteiger partial charge in [-0.15, -0.1) is 0 Å². The zero-order valence-electron chi connectivity index (χ0n) is 15.9. The first-order valence-corrected chi connectivity index (χ1v) is 7.81. The third-order valence-corrected chi connectivity index (χ3v) is 2.66. The van der Waals surface area contributed by atoms with Gasteiger partial charge < -0.3 is 9.47 Å². The fourth-order valence-corrected chi connectivity index (χ4v) is 1.77. The third-order valence-electron chi connectivity index (χ3n) is 2.66. The molecule has 138 valence electrons. The van der Waals surface area contributed by atoms with Crippen LogP contribution in [0.25, 0.3) is 6.08 Å². The van der Waals surface area contributed by atoms with E-state index in [1.807, 2.05) is 0 Å². The number of amides is 1. The standard InChI is InChI=1S/C18H26N2O5/c1-9-12-10-13(15(21)23-8)14(11-19-12)20(25-18(5,6)7)16(22)24-17(2,3)4/h9-11H,1H2,2-8H3. The Morgan fingerprint density at radius 1 is 1.16 bits per heavy atom. The Morgan fingerprint density at radius 2 is 1.76 bits per heavy atom. The normalized spacial score (nSPS) is 11.6. The van der Waals surface area contributed by atoms with Gasteiger partial charge in [0.15, 0.2) is 0 Å². The van der Waals surface area contributed by atoms with Crippen molar-refractivity contribution in [1.29, 1.82) is 0 Å². The molecule has 7 heteroatoms. The highest BCUT2D eigenvalue weighted by Gasteiger charge is 2.32. The molecule has 0 bridgehead atoms. The first-order chi connectivity index (χ1) is 11.4. The van der Waals surface area contributed by atoms with Crippen molar-refractivity contribution in [2.75, 3.05) is 12.2 Å². The second-order valence-electron chi connectivity index (χ2n) is 7.30. The molecular weight excluding hydrogens is 324 g/mol. The summed E-state index contributed by atoms with van der Waals surface area (Å²) < 4.78 is 10.2. The van der Waals surface area contributed by atoms with Crippen LogP contribution in [0.3, 0.4) is 0 Å². The summed E-state index contributed by atoms with van der Waals surface area (Å²) in [4.78, 5) is 34.7. The second kappa shape index (κ2) is 7.65. The minimum Gasteiger partial charge on any atom is -0.465 e. The van der Waals surface area contributed by atoms with Crippen molar-refractivity contribution >= 4 is 23.8 Å². The zero-order valence-corrected chi connectivity index (χ0v) is 15.9. The van der Waals surface area contributed by atoms with Crippen LogP contribution in [0.5, 0.6) is 0 Å². The lowest BCUT2D eigenvalue weighted by Gasteiger charge is -2.32. The predicted octanol–water partition coefficient (Wildman–Crippen LogP) is 3.98. The van der Waals surface area contributed by atoms with Gasteiger partial charge in [0.1, 0.15) is 11.3 Å². The molecule has 0 saturated carbocycles. The number of pyridine rings is 1. The topological polar surface area (TPSA) is 78.0 Å². The molecule has 0 unspecified atom stereocenters. The van der Waals surface area contributed by atoms with Crippen LogP contribution < -0.4 is 5.06 Å². The van der Waals surface area contributed by atoms with E-state index in [2.05, 4.69) is 11.6 Å². The molecule has 0 atom stereocenters. The summed E-state index contributed by atoms with van der Waals surface area (Å²) in [5.41, 5.74) is -0.758. The van der Waals surface area contributed by atoms with Crippen LogP contribution in [0.15, 0.2) is 18.8 Å². The number of rotatable bonds is 4. The van der Waals surface area contributed by atoms with E-state index in [-0.39, 0.29) is 11.3 Å². The van der Waals surface area contributed by atoms with Crippen LogP contribution in [0.4, 0.5) is 10.5 Å². The largest absolute Gasteiger partial charge is 0.465 e. The van der Waals surface area contributed by atoms with Crippen molar-refractivity contribution < 1.29 is 23.9 Å². The fraction of sp³-hybridized carbons (Fsp3) is 0.500. The molecule has 1 heterocycles. The summed E-state index contributed by atoms with van der Waals surface area (Å²) in [7, 11) is 1.25. The highest BCUT2D eigenvalue weighted by molar-refractivity contribution is 6.00. The second-order valence-corrected chi connectivity index (χ2v) is 7.30. The molecular formula is C18H26N2O5. The molecule has 0 spiro atoms. The number of methoxy groups -OCH3 is 1. The summed E-state index contributed by atoms with van der Waals surface area (Å²) in [5, 5.41) is 0.928. The van der Waals surface area contributed by atoms with Crippen LogP contribution in [0.1, 0.15) is 57.6 Å². The monoisotopic (exact) mass is 350 g/mol. The highest BCUT2D eigenvalue weighted by Crippen LogP contribution is 2.27. The molecule has 1 amide bonds. The molecule has 0 saturated heterocycles. The molecule has 0 aliphatic carbocycles. The zero-order chi connectivity index (χ0) is 19.4. The number of hydroxylamine groups is 1. The van der Waals surface area contributed by atoms with Crippen molar-refractivity contribution in [3.63, 3.8) is 0 Å². The first kappa shape index (κ1) is 20.6. The summed E-state index contributed by atoms with van der Waals surface area (Å²) in [5.74, 6) is -0.633. The SMILES string of the molecule is C=Cc1cc(C(=O)OC)c(N(OC(C)(C)C)C(=O)OC(C)(C)C)cn1. The summed E-state index contributed by atoms with van der Waals surface area (Å²) >= 11 is 0. The van der Waals surface area contributed by atoms with Gasteiger partial charge in [-0.3, -0.25) is 9.82 Å². The lowest BCUT2D eigenvalue weighted by Crippen LogP contribution is -2.42. The molecule has 0 fully saturated rings. The minimum absolute atomic E-state index is 0.113. The number of carbonyl (C=O) groups excluding carboxylic acids is 2. The smallest absolute Gasteiger partial charge is 0.439 e. The summed E-state index contributed by atoms with van der Waals surface area (Å²) in [6.45, 7) is 14.1. The maximum absolute atomic E-state index is 12.6. The molecule has 0 aromatic carbocycles. The predicted molar refractivity (Wildman–Crippen MR) is 95.2 cm³/mol. The van der Waals surface area contributed by atoms with Crippen molar-refractivity contribution in [2.24, 2.45) is 0 Å². The van der Waals surface area contributed by atoms with E-state index in [0.717, 1.165) is 5.06 Å². The molecule has 0 aliphatic rings. The average molecular weight is 350 g/mol. The molecule has 25 heavy (non-hydrogen) atoms. The van der Waals surface area contributed by atoms with Gasteiger partial charge in [0.25, 0.3) is 0 Å². The first-order valence-electron chi connectivity index (χ1n) is 7.81. The van der Waals surface area contributed by atoms with Crippen LogP contribution in [-0.4, -0.2) is 35.4 Å². The lowest BCUT2D eigenvalue weighted by molar-refractivity contribution is -0.0358. The number of anilines is 1. The van der Waals surface area contributed by atoms with Crippen molar-refractivity contribution in [2.45, 2.75) is 52.7 Å². The maximum Gasteiger partial charge on any atom is 0.439 e. The quantitative estimate of drug-likeness (QED) is 0.604. The minimum atomic E-state index is -0.763. The van der Waals surface area contributed by atoms with Gasteiger partial charge in [0, 0.05) is 0 Å². The van der Waals surface area contributed by atoms with Gasteiger partial charge in [-0.25, -0.2) is 9.59 Å². The van der Waals surface area contributed by atoms with Gasteiger partial charge in [-0.1, -0.05) is 6.58 Å². The van der Waals surface area contributed by atoms with Crippen LogP contribution in [-0.2, 0) is 14.3 Å². The number of nitrogens with zero attached hydrogens (tertiary/aromatic N) is 2. The molecule has 7 nitrogen and oxygen atoms in total. The Morgan fingerprint density at radius 3 is 2.20 bits per heavy atom. The lowest BCUT2D eigenvalue weighted by atomic mass is 10.1. The number of carbonyl (C=O) groups is 2. The number of ether oxygens (including phenoxy) is 2. The summed E-state index contributed by atoms with van der Waals surface area (Å²) in [6, 6.07) is 1.47. The van der Waals surface area contributed by atoms with Crippen LogP contribution in [0.2, 0.25) is 0 Å². The van der Waals surface area contributed by atoms with Gasteiger partial charge in [0.05, 0.1) is 30.2 Å². The molecule has 0 aliphatic heterocycles. The van der Waals surface area contributed by atoms with E-state index < -0.39 is 23.3 Å². The Balaban J connectivity index is 3.45. The van der Waals surface area contributed by atoms with E-state index in [1.165, 1.54) is 25.4 Å². The van der Waals surface area contributed by atoms with E-state index in [9.17, 15) is 9.59 Å². The van der Waals surface area contributed by atoms with E-state index in [1.54, 1.807) is 41.5 Å². The van der Waals surface area contributed by atoms with Gasteiger partial charge in [0.2, 0.25) is 0 Å². The van der Waals surface area contributed by atoms with Gasteiger partial charge in [-0.05, 0) is 53.7 Å². The molecule has 0 radical (unpaired) electrons. The summed E-state index contributed by atoms with van der Waals surface area (Å²) in [6.07, 6.45) is 2.07. The number of esters is 1. The Labute approximate surface area is 148 Å². The van der Waals surface area contributed by atoms with Crippen LogP contribution >= 0.6 is 0 Å². The van der Waals surface area contributed by atoms with Crippen molar-refractivity contribution in [1.82, 2.24) is 4.98 Å². The maximum atomic E-state index is 12.6. The van der Waals surface area contributed by atoms with E-state index in [0.29, 0.717) is 5.69 Å². The van der Waals surface area contributed by atoms with Gasteiger partial charge in [-0.2, -0.15) is 5.06 Å². The number of hydrogen-bond donors (Lipinski definition) is 0. The number of hydrogen-bond acceptors (Lipinski definition) is 6. The molecule has 1 rings (SSSR count). The Kier molecular flexibility index (Phi) is 6.31. The van der Waals surface area contributed by atoms with Gasteiger partial charge >= 0.3 is 12.1 Å². The van der Waals surface area contributed by atoms with E-state index >= 15 is 0 Å². The Bertz CT molecular complexity index is 656. The van der Waals surface area contributed by atoms with Crippen molar-refractivity contribution in [3.05, 3.63) is 30.1 Å². The van der Waals surface area contributed by atoms with Crippen molar-refractivity contribution in [3.8, 4) is 0 Å². The molecule has 1 aromatic rings. The average Bonchev–Trinajstić information content (AvgIpc) is 2.48. The molecule has 0 N–H and O–H groups in total. The third kappa shape index (κ3) is 6.19. The fourth-order valence-electron chi connectivity index (χ4n) is 1.77. The molecule has 1 aromatic heterocycles. The van der Waals surface area contributed by atoms with E-state index in [4.69, 9.17) is 14.3 Å². The number of aromatic nitrogens is 1. The highest BCUT2D eigenvalue weighted by atomic mass is 16.7.